The van der Waals surface area contributed by atoms with Gasteiger partial charge in [0.25, 0.3) is 0 Å². The van der Waals surface area contributed by atoms with Gasteiger partial charge in [0.1, 0.15) is 5.60 Å². The zero-order valence-electron chi connectivity index (χ0n) is 23.6. The number of alkyl halides is 2. The van der Waals surface area contributed by atoms with Crippen molar-refractivity contribution < 1.29 is 18.8 Å². The zero-order valence-corrected chi connectivity index (χ0v) is 25.1. The summed E-state index contributed by atoms with van der Waals surface area (Å²) in [6, 6.07) is 8.19. The van der Waals surface area contributed by atoms with Gasteiger partial charge in [-0.05, 0) is 45.4 Å². The molecule has 0 aliphatic heterocycles. The normalized spacial score (nSPS) is 11.7. The van der Waals surface area contributed by atoms with Gasteiger partial charge in [-0.25, -0.2) is 4.79 Å². The Bertz CT molecular complexity index is 848. The van der Waals surface area contributed by atoms with E-state index in [0.29, 0.717) is 37.0 Å². The lowest BCUT2D eigenvalue weighted by Crippen LogP contribution is -2.44. The summed E-state index contributed by atoms with van der Waals surface area (Å²) in [7, 11) is 4.34. The highest BCUT2D eigenvalue weighted by Crippen LogP contribution is 2.18. The van der Waals surface area contributed by atoms with E-state index in [1.807, 2.05) is 45.0 Å². The maximum atomic E-state index is 13.0. The number of nitrogens with zero attached hydrogens (tertiary/aromatic N) is 3. The lowest BCUT2D eigenvalue weighted by molar-refractivity contribution is -0.890. The average molecular weight is 559 g/mol. The number of carbonyl (C=O) groups is 2. The van der Waals surface area contributed by atoms with Crippen LogP contribution < -0.4 is 10.2 Å². The lowest BCUT2D eigenvalue weighted by Gasteiger charge is -2.32. The number of nitrogens with one attached hydrogen (secondary N) is 1. The topological polar surface area (TPSA) is 61.9 Å². The molecule has 1 N–H and O–H groups in total. The first-order chi connectivity index (χ1) is 17.3. The molecule has 0 saturated heterocycles. The number of hydrogen-bond donors (Lipinski definition) is 1. The number of benzene rings is 1. The predicted octanol–water partition coefficient (Wildman–Crippen LogP) is 5.26. The third-order valence-electron chi connectivity index (χ3n) is 5.84. The van der Waals surface area contributed by atoms with Crippen LogP contribution in [0.4, 0.5) is 10.5 Å². The summed E-state index contributed by atoms with van der Waals surface area (Å²) in [5.74, 6) is 0.962. The van der Waals surface area contributed by atoms with Crippen molar-refractivity contribution in [3.05, 3.63) is 42.0 Å². The monoisotopic (exact) mass is 557 g/mol. The SMILES string of the molecule is C=C(C)C(=O)NCCC[N+](C)(C)CCCN(Cc1ccc(N(CCCl)CCCl)cc1)C(=O)OC(C)(C)C. The quantitative estimate of drug-likeness (QED) is 0.130. The molecule has 210 valence electrons. The van der Waals surface area contributed by atoms with E-state index in [4.69, 9.17) is 27.9 Å². The summed E-state index contributed by atoms with van der Waals surface area (Å²) in [6.45, 7) is 16.0. The van der Waals surface area contributed by atoms with E-state index in [-0.39, 0.29) is 12.0 Å². The molecular formula is C28H47Cl2N4O3+. The molecule has 0 spiro atoms. The highest BCUT2D eigenvalue weighted by Gasteiger charge is 2.23. The van der Waals surface area contributed by atoms with Gasteiger partial charge in [0, 0.05) is 68.6 Å². The molecule has 2 amide bonds. The number of carbonyl (C=O) groups excluding carboxylic acids is 2. The number of anilines is 1. The summed E-state index contributed by atoms with van der Waals surface area (Å²) < 4.78 is 6.50. The number of ether oxygens (including phenoxy) is 1. The zero-order chi connectivity index (χ0) is 28.1. The summed E-state index contributed by atoms with van der Waals surface area (Å²) in [4.78, 5) is 28.6. The van der Waals surface area contributed by atoms with Crippen LogP contribution in [0.5, 0.6) is 0 Å². The summed E-state index contributed by atoms with van der Waals surface area (Å²) >= 11 is 11.9. The van der Waals surface area contributed by atoms with Crippen LogP contribution >= 0.6 is 23.2 Å². The Morgan fingerprint density at radius 1 is 1.00 bits per heavy atom. The van der Waals surface area contributed by atoms with Crippen LogP contribution in [0.3, 0.4) is 0 Å². The van der Waals surface area contributed by atoms with Crippen LogP contribution in [-0.4, -0.2) is 92.1 Å². The summed E-state index contributed by atoms with van der Waals surface area (Å²) in [5.41, 5.74) is 2.06. The Morgan fingerprint density at radius 3 is 2.08 bits per heavy atom. The first-order valence-electron chi connectivity index (χ1n) is 13.0. The molecule has 0 bridgehead atoms. The molecular weight excluding hydrogens is 511 g/mol. The van der Waals surface area contributed by atoms with Crippen molar-refractivity contribution in [2.75, 3.05) is 70.0 Å². The van der Waals surface area contributed by atoms with E-state index in [0.717, 1.165) is 54.8 Å². The number of rotatable bonds is 16. The molecule has 37 heavy (non-hydrogen) atoms. The van der Waals surface area contributed by atoms with Gasteiger partial charge in [-0.1, -0.05) is 18.7 Å². The first-order valence-corrected chi connectivity index (χ1v) is 14.0. The molecule has 0 atom stereocenters. The molecule has 1 aromatic carbocycles. The van der Waals surface area contributed by atoms with E-state index in [9.17, 15) is 9.59 Å². The standard InChI is InChI=1S/C28H46Cl2N4O3/c1-23(2)26(35)31-16-8-20-34(6,7)21-9-17-33(27(36)37-28(3,4)5)22-24-10-12-25(13-11-24)32(18-14-29)19-15-30/h10-13H,1,8-9,14-22H2,2-7H3/p+1. The van der Waals surface area contributed by atoms with Gasteiger partial charge in [-0.2, -0.15) is 0 Å². The molecule has 0 aliphatic rings. The van der Waals surface area contributed by atoms with Gasteiger partial charge < -0.3 is 24.3 Å². The number of amides is 2. The molecule has 9 heteroatoms. The van der Waals surface area contributed by atoms with Crippen molar-refractivity contribution in [3.63, 3.8) is 0 Å². The third-order valence-corrected chi connectivity index (χ3v) is 6.18. The fraction of sp³-hybridized carbons (Fsp3) is 0.643. The number of halogens is 2. The second-order valence-corrected chi connectivity index (χ2v) is 11.8. The van der Waals surface area contributed by atoms with Crippen LogP contribution in [0.15, 0.2) is 36.4 Å². The second-order valence-electron chi connectivity index (χ2n) is 11.1. The molecule has 1 rings (SSSR count). The second kappa shape index (κ2) is 16.1. The molecule has 0 radical (unpaired) electrons. The van der Waals surface area contributed by atoms with Crippen LogP contribution in [0, 0.1) is 0 Å². The molecule has 1 aromatic rings. The van der Waals surface area contributed by atoms with E-state index < -0.39 is 5.60 Å². The van der Waals surface area contributed by atoms with E-state index in [1.165, 1.54) is 0 Å². The lowest BCUT2D eigenvalue weighted by atomic mass is 10.1. The van der Waals surface area contributed by atoms with Gasteiger partial charge in [-0.3, -0.25) is 4.79 Å². The van der Waals surface area contributed by atoms with Crippen LogP contribution in [0.25, 0.3) is 0 Å². The smallest absolute Gasteiger partial charge is 0.410 e. The van der Waals surface area contributed by atoms with Gasteiger partial charge >= 0.3 is 6.09 Å². The molecule has 0 aromatic heterocycles. The van der Waals surface area contributed by atoms with Crippen molar-refractivity contribution in [1.82, 2.24) is 10.2 Å². The summed E-state index contributed by atoms with van der Waals surface area (Å²) in [5, 5.41) is 2.88. The van der Waals surface area contributed by atoms with E-state index in [1.54, 1.807) is 11.8 Å². The van der Waals surface area contributed by atoms with Gasteiger partial charge in [0.05, 0.1) is 27.2 Å². The minimum Gasteiger partial charge on any atom is -0.444 e. The fourth-order valence-corrected chi connectivity index (χ4v) is 4.24. The Kier molecular flexibility index (Phi) is 14.4. The first kappa shape index (κ1) is 33.1. The number of quaternary nitrogens is 1. The molecule has 0 heterocycles. The van der Waals surface area contributed by atoms with E-state index in [2.05, 4.69) is 30.9 Å². The average Bonchev–Trinajstić information content (AvgIpc) is 2.80. The number of hydrogen-bond acceptors (Lipinski definition) is 4. The Hall–Kier alpha value is -1.96. The summed E-state index contributed by atoms with van der Waals surface area (Å²) in [6.07, 6.45) is 1.40. The largest absolute Gasteiger partial charge is 0.444 e. The molecule has 0 fully saturated rings. The van der Waals surface area contributed by atoms with Gasteiger partial charge in [0.2, 0.25) is 5.91 Å². The van der Waals surface area contributed by atoms with Crippen molar-refractivity contribution in [2.45, 2.75) is 52.7 Å². The van der Waals surface area contributed by atoms with Gasteiger partial charge in [-0.15, -0.1) is 23.2 Å². The highest BCUT2D eigenvalue weighted by molar-refractivity contribution is 6.18. The third kappa shape index (κ3) is 14.0. The fourth-order valence-electron chi connectivity index (χ4n) is 3.83. The Labute approximate surface area is 234 Å². The van der Waals surface area contributed by atoms with Crippen LogP contribution in [-0.2, 0) is 16.1 Å². The minimum atomic E-state index is -0.563. The van der Waals surface area contributed by atoms with Crippen LogP contribution in [0.1, 0.15) is 46.1 Å². The van der Waals surface area contributed by atoms with Crippen LogP contribution in [0.2, 0.25) is 0 Å². The van der Waals surface area contributed by atoms with Crippen molar-refractivity contribution in [1.29, 1.82) is 0 Å². The van der Waals surface area contributed by atoms with Crippen molar-refractivity contribution in [3.8, 4) is 0 Å². The van der Waals surface area contributed by atoms with Crippen molar-refractivity contribution >= 4 is 40.9 Å². The minimum absolute atomic E-state index is 0.0999. The Balaban J connectivity index is 2.76. The Morgan fingerprint density at radius 2 is 1.57 bits per heavy atom. The van der Waals surface area contributed by atoms with Gasteiger partial charge in [0.15, 0.2) is 0 Å². The molecule has 0 unspecified atom stereocenters. The molecule has 0 aliphatic carbocycles. The maximum Gasteiger partial charge on any atom is 0.410 e. The maximum absolute atomic E-state index is 13.0. The van der Waals surface area contributed by atoms with Crippen molar-refractivity contribution in [2.24, 2.45) is 0 Å². The highest BCUT2D eigenvalue weighted by atomic mass is 35.5. The molecule has 7 nitrogen and oxygen atoms in total. The predicted molar refractivity (Wildman–Crippen MR) is 156 cm³/mol. The van der Waals surface area contributed by atoms with E-state index >= 15 is 0 Å². The molecule has 0 saturated carbocycles.